The van der Waals surface area contributed by atoms with Gasteiger partial charge in [-0.3, -0.25) is 9.78 Å². The molecule has 0 spiro atoms. The number of esters is 1. The molecule has 1 fully saturated rings. The van der Waals surface area contributed by atoms with Gasteiger partial charge >= 0.3 is 5.97 Å². The number of ether oxygens (including phenoxy) is 1. The molecule has 3 rings (SSSR count). The summed E-state index contributed by atoms with van der Waals surface area (Å²) >= 11 is 0. The molecule has 4 heteroatoms. The molecule has 4 nitrogen and oxygen atoms in total. The Morgan fingerprint density at radius 1 is 1.22 bits per heavy atom. The molecular formula is C19H24N2O2. The summed E-state index contributed by atoms with van der Waals surface area (Å²) in [6, 6.07) is 10.6. The van der Waals surface area contributed by atoms with Crippen molar-refractivity contribution in [3.05, 3.63) is 36.0 Å². The number of aromatic nitrogens is 1. The quantitative estimate of drug-likeness (QED) is 0.682. The summed E-state index contributed by atoms with van der Waals surface area (Å²) < 4.78 is 4.77. The third-order valence-corrected chi connectivity index (χ3v) is 4.54. The zero-order chi connectivity index (χ0) is 16.1. The maximum Gasteiger partial charge on any atom is 0.311 e. The van der Waals surface area contributed by atoms with Gasteiger partial charge in [0.15, 0.2) is 0 Å². The second-order valence-electron chi connectivity index (χ2n) is 6.26. The van der Waals surface area contributed by atoms with Gasteiger partial charge in [-0.05, 0) is 25.0 Å². The topological polar surface area (TPSA) is 51.2 Å². The predicted octanol–water partition coefficient (Wildman–Crippen LogP) is 4.09. The van der Waals surface area contributed by atoms with Crippen LogP contribution in [0, 0.1) is 0 Å². The van der Waals surface area contributed by atoms with E-state index in [9.17, 15) is 4.79 Å². The first-order chi connectivity index (χ1) is 11.3. The normalized spacial score (nSPS) is 16.0. The average Bonchev–Trinajstić information content (AvgIpc) is 2.83. The van der Waals surface area contributed by atoms with Gasteiger partial charge in [0.05, 0.1) is 24.7 Å². The first-order valence-electron chi connectivity index (χ1n) is 8.48. The minimum atomic E-state index is -0.256. The highest BCUT2D eigenvalue weighted by atomic mass is 16.5. The van der Waals surface area contributed by atoms with Crippen molar-refractivity contribution < 1.29 is 9.53 Å². The van der Waals surface area contributed by atoms with Crippen molar-refractivity contribution in [2.45, 2.75) is 51.0 Å². The van der Waals surface area contributed by atoms with Crippen molar-refractivity contribution in [3.8, 4) is 0 Å². The van der Waals surface area contributed by atoms with Gasteiger partial charge in [-0.1, -0.05) is 43.9 Å². The van der Waals surface area contributed by atoms with Crippen molar-refractivity contribution in [2.75, 3.05) is 12.4 Å². The molecule has 0 radical (unpaired) electrons. The predicted molar refractivity (Wildman–Crippen MR) is 92.6 cm³/mol. The first-order valence-corrected chi connectivity index (χ1v) is 8.48. The van der Waals surface area contributed by atoms with Crippen LogP contribution in [0.4, 0.5) is 5.69 Å². The van der Waals surface area contributed by atoms with Crippen LogP contribution in [0.3, 0.4) is 0 Å². The Morgan fingerprint density at radius 2 is 1.96 bits per heavy atom. The van der Waals surface area contributed by atoms with Crippen LogP contribution in [0.25, 0.3) is 10.9 Å². The van der Waals surface area contributed by atoms with Gasteiger partial charge in [0.2, 0.25) is 0 Å². The lowest BCUT2D eigenvalue weighted by Crippen LogP contribution is -2.19. The molecule has 1 heterocycles. The lowest BCUT2D eigenvalue weighted by Gasteiger charge is -2.19. The number of nitrogens with one attached hydrogen (secondary N) is 1. The van der Waals surface area contributed by atoms with Gasteiger partial charge in [-0.25, -0.2) is 0 Å². The lowest BCUT2D eigenvalue weighted by atomic mass is 10.1. The number of rotatable bonds is 4. The monoisotopic (exact) mass is 312 g/mol. The SMILES string of the molecule is COC(=O)Cc1cc(NC2CCCCCC2)c2ccccc2n1. The molecular weight excluding hydrogens is 288 g/mol. The van der Waals surface area contributed by atoms with Crippen LogP contribution in [0.5, 0.6) is 0 Å². The fourth-order valence-corrected chi connectivity index (χ4v) is 3.30. The number of methoxy groups -OCH3 is 1. The van der Waals surface area contributed by atoms with E-state index in [4.69, 9.17) is 4.74 Å². The molecule has 0 atom stereocenters. The average molecular weight is 312 g/mol. The summed E-state index contributed by atoms with van der Waals surface area (Å²) in [5.74, 6) is -0.256. The number of carbonyl (C=O) groups is 1. The van der Waals surface area contributed by atoms with Gasteiger partial charge in [-0.15, -0.1) is 0 Å². The Kier molecular flexibility index (Phi) is 5.11. The second kappa shape index (κ2) is 7.44. The third kappa shape index (κ3) is 4.01. The van der Waals surface area contributed by atoms with Crippen LogP contribution in [0.1, 0.15) is 44.2 Å². The number of pyridine rings is 1. The maximum absolute atomic E-state index is 11.6. The second-order valence-corrected chi connectivity index (χ2v) is 6.26. The van der Waals surface area contributed by atoms with Crippen molar-refractivity contribution in [3.63, 3.8) is 0 Å². The Hall–Kier alpha value is -2.10. The minimum absolute atomic E-state index is 0.209. The lowest BCUT2D eigenvalue weighted by molar-refractivity contribution is -0.139. The number of nitrogens with zero attached hydrogens (tertiary/aromatic N) is 1. The van der Waals surface area contributed by atoms with Gasteiger partial charge in [-0.2, -0.15) is 0 Å². The van der Waals surface area contributed by atoms with E-state index in [1.165, 1.54) is 45.6 Å². The molecule has 0 amide bonds. The van der Waals surface area contributed by atoms with E-state index >= 15 is 0 Å². The minimum Gasteiger partial charge on any atom is -0.469 e. The van der Waals surface area contributed by atoms with Crippen LogP contribution >= 0.6 is 0 Å². The molecule has 122 valence electrons. The number of fused-ring (bicyclic) bond motifs is 1. The Labute approximate surface area is 137 Å². The van der Waals surface area contributed by atoms with Crippen LogP contribution in [0.15, 0.2) is 30.3 Å². The third-order valence-electron chi connectivity index (χ3n) is 4.54. The number of anilines is 1. The number of carbonyl (C=O) groups excluding carboxylic acids is 1. The molecule has 0 aliphatic heterocycles. The molecule has 0 unspecified atom stereocenters. The smallest absolute Gasteiger partial charge is 0.311 e. The number of hydrogen-bond donors (Lipinski definition) is 1. The highest BCUT2D eigenvalue weighted by molar-refractivity contribution is 5.92. The van der Waals surface area contributed by atoms with Gasteiger partial charge in [0.25, 0.3) is 0 Å². The Morgan fingerprint density at radius 3 is 2.70 bits per heavy atom. The molecule has 1 aromatic heterocycles. The zero-order valence-electron chi connectivity index (χ0n) is 13.7. The summed E-state index contributed by atoms with van der Waals surface area (Å²) in [6.07, 6.45) is 7.88. The van der Waals surface area contributed by atoms with E-state index < -0.39 is 0 Å². The van der Waals surface area contributed by atoms with Crippen LogP contribution < -0.4 is 5.32 Å². The Balaban J connectivity index is 1.90. The van der Waals surface area contributed by atoms with Gasteiger partial charge < -0.3 is 10.1 Å². The van der Waals surface area contributed by atoms with Crippen LogP contribution in [0.2, 0.25) is 0 Å². The fourth-order valence-electron chi connectivity index (χ4n) is 3.30. The molecule has 23 heavy (non-hydrogen) atoms. The maximum atomic E-state index is 11.6. The van der Waals surface area contributed by atoms with E-state index in [0.29, 0.717) is 6.04 Å². The number of benzene rings is 1. The van der Waals surface area contributed by atoms with Crippen molar-refractivity contribution >= 4 is 22.6 Å². The molecule has 0 saturated heterocycles. The van der Waals surface area contributed by atoms with E-state index in [0.717, 1.165) is 22.3 Å². The molecule has 1 aromatic carbocycles. The molecule has 1 aliphatic carbocycles. The number of hydrogen-bond acceptors (Lipinski definition) is 4. The molecule has 2 aromatic rings. The van der Waals surface area contributed by atoms with E-state index in [1.54, 1.807) is 0 Å². The highest BCUT2D eigenvalue weighted by Gasteiger charge is 2.15. The molecule has 1 N–H and O–H groups in total. The standard InChI is InChI=1S/C19H24N2O2/c1-23-19(22)13-15-12-18(16-10-6-7-11-17(16)21-15)20-14-8-4-2-3-5-9-14/h6-7,10-12,14H,2-5,8-9,13H2,1H3,(H,20,21). The van der Waals surface area contributed by atoms with Gasteiger partial charge in [0.1, 0.15) is 0 Å². The largest absolute Gasteiger partial charge is 0.469 e. The van der Waals surface area contributed by atoms with Crippen molar-refractivity contribution in [1.29, 1.82) is 0 Å². The summed E-state index contributed by atoms with van der Waals surface area (Å²) in [5.41, 5.74) is 2.76. The first kappa shape index (κ1) is 15.8. The summed E-state index contributed by atoms with van der Waals surface area (Å²) in [6.45, 7) is 0. The van der Waals surface area contributed by atoms with Crippen LogP contribution in [-0.2, 0) is 16.0 Å². The van der Waals surface area contributed by atoms with E-state index in [1.807, 2.05) is 24.3 Å². The van der Waals surface area contributed by atoms with E-state index in [2.05, 4.69) is 16.4 Å². The highest BCUT2D eigenvalue weighted by Crippen LogP contribution is 2.27. The van der Waals surface area contributed by atoms with Crippen LogP contribution in [-0.4, -0.2) is 24.1 Å². The van der Waals surface area contributed by atoms with Crippen molar-refractivity contribution in [2.24, 2.45) is 0 Å². The van der Waals surface area contributed by atoms with Gasteiger partial charge in [0, 0.05) is 17.1 Å². The summed E-state index contributed by atoms with van der Waals surface area (Å²) in [5, 5.41) is 4.82. The number of para-hydroxylation sites is 1. The fraction of sp³-hybridized carbons (Fsp3) is 0.474. The zero-order valence-corrected chi connectivity index (χ0v) is 13.7. The molecule has 1 aliphatic rings. The molecule has 1 saturated carbocycles. The molecule has 0 bridgehead atoms. The summed E-state index contributed by atoms with van der Waals surface area (Å²) in [4.78, 5) is 16.2. The van der Waals surface area contributed by atoms with E-state index in [-0.39, 0.29) is 12.4 Å². The van der Waals surface area contributed by atoms with Crippen molar-refractivity contribution in [1.82, 2.24) is 4.98 Å². The Bertz CT molecular complexity index is 676. The summed E-state index contributed by atoms with van der Waals surface area (Å²) in [7, 11) is 1.41.